The Labute approximate surface area is 121 Å². The largest absolute Gasteiger partial charge is 0.342 e. The van der Waals surface area contributed by atoms with Gasteiger partial charge >= 0.3 is 0 Å². The van der Waals surface area contributed by atoms with Crippen molar-refractivity contribution < 1.29 is 13.2 Å². The topological polar surface area (TPSA) is 92.5 Å². The summed E-state index contributed by atoms with van der Waals surface area (Å²) in [6.07, 6.45) is 5.70. The summed E-state index contributed by atoms with van der Waals surface area (Å²) in [6, 6.07) is 0.163. The van der Waals surface area contributed by atoms with E-state index in [4.69, 9.17) is 5.73 Å². The van der Waals surface area contributed by atoms with Gasteiger partial charge in [0, 0.05) is 31.6 Å². The van der Waals surface area contributed by atoms with E-state index in [9.17, 15) is 13.2 Å². The van der Waals surface area contributed by atoms with E-state index < -0.39 is 10.0 Å². The van der Waals surface area contributed by atoms with Gasteiger partial charge in [-0.25, -0.2) is 13.1 Å². The fourth-order valence-corrected chi connectivity index (χ4v) is 3.74. The molecule has 1 aliphatic carbocycles. The maximum atomic E-state index is 12.4. The Bertz CT molecular complexity index is 452. The molecule has 0 aromatic carbocycles. The summed E-state index contributed by atoms with van der Waals surface area (Å²) < 4.78 is 24.8. The summed E-state index contributed by atoms with van der Waals surface area (Å²) in [5.74, 6) is 0.506. The molecule has 3 N–H and O–H groups in total. The van der Waals surface area contributed by atoms with Crippen molar-refractivity contribution in [2.75, 3.05) is 25.9 Å². The Kier molecular flexibility index (Phi) is 5.04. The highest BCUT2D eigenvalue weighted by Crippen LogP contribution is 2.28. The Morgan fingerprint density at radius 1 is 1.35 bits per heavy atom. The van der Waals surface area contributed by atoms with Crippen molar-refractivity contribution in [1.29, 1.82) is 0 Å². The maximum Gasteiger partial charge on any atom is 0.225 e. The molecule has 6 nitrogen and oxygen atoms in total. The van der Waals surface area contributed by atoms with Crippen LogP contribution in [0.2, 0.25) is 0 Å². The zero-order chi connectivity index (χ0) is 14.8. The number of piperidine rings is 1. The third-order valence-corrected chi connectivity index (χ3v) is 4.98. The lowest BCUT2D eigenvalue weighted by atomic mass is 9.96. The number of hydrogen-bond donors (Lipinski definition) is 2. The van der Waals surface area contributed by atoms with Crippen molar-refractivity contribution in [3.63, 3.8) is 0 Å². The zero-order valence-corrected chi connectivity index (χ0v) is 12.9. The van der Waals surface area contributed by atoms with Gasteiger partial charge in [-0.15, -0.1) is 0 Å². The predicted molar refractivity (Wildman–Crippen MR) is 77.5 cm³/mol. The van der Waals surface area contributed by atoms with E-state index in [1.165, 1.54) is 6.26 Å². The van der Waals surface area contributed by atoms with Gasteiger partial charge in [-0.3, -0.25) is 4.79 Å². The number of nitrogens with one attached hydrogen (secondary N) is 1. The van der Waals surface area contributed by atoms with Gasteiger partial charge in [-0.1, -0.05) is 0 Å². The van der Waals surface area contributed by atoms with Gasteiger partial charge in [0.15, 0.2) is 0 Å². The van der Waals surface area contributed by atoms with Crippen LogP contribution in [-0.4, -0.2) is 51.2 Å². The van der Waals surface area contributed by atoms with Gasteiger partial charge < -0.3 is 10.6 Å². The lowest BCUT2D eigenvalue weighted by Gasteiger charge is -2.34. The maximum absolute atomic E-state index is 12.4. The average Bonchev–Trinajstić information content (AvgIpc) is 2.82. The highest BCUT2D eigenvalue weighted by Gasteiger charge is 2.33. The minimum atomic E-state index is -3.15. The average molecular weight is 303 g/mol. The summed E-state index contributed by atoms with van der Waals surface area (Å²) in [7, 11) is -3.15. The number of nitrogens with zero attached hydrogens (tertiary/aromatic N) is 1. The number of hydrogen-bond acceptors (Lipinski definition) is 4. The van der Waals surface area contributed by atoms with E-state index >= 15 is 0 Å². The van der Waals surface area contributed by atoms with Crippen LogP contribution >= 0.6 is 0 Å². The molecule has 2 rings (SSSR count). The molecule has 2 aliphatic rings. The molecule has 1 saturated heterocycles. The monoisotopic (exact) mass is 303 g/mol. The molecule has 3 unspecified atom stereocenters. The molecule has 0 spiro atoms. The smallest absolute Gasteiger partial charge is 0.225 e. The first kappa shape index (κ1) is 15.7. The van der Waals surface area contributed by atoms with Crippen molar-refractivity contribution in [3.8, 4) is 0 Å². The van der Waals surface area contributed by atoms with E-state index in [0.29, 0.717) is 13.1 Å². The highest BCUT2D eigenvalue weighted by atomic mass is 32.2. The standard InChI is InChI=1S/C13H25N3O3S/c1-20(18,19)15-8-10-3-2-6-16(9-10)13(17)11-4-5-12(14)7-11/h10-12,15H,2-9,14H2,1H3. The van der Waals surface area contributed by atoms with E-state index in [0.717, 1.165) is 38.6 Å². The molecule has 116 valence electrons. The van der Waals surface area contributed by atoms with Crippen LogP contribution in [0.3, 0.4) is 0 Å². The van der Waals surface area contributed by atoms with Gasteiger partial charge in [-0.05, 0) is 38.0 Å². The van der Waals surface area contributed by atoms with Crippen molar-refractivity contribution in [2.45, 2.75) is 38.1 Å². The number of rotatable bonds is 4. The lowest BCUT2D eigenvalue weighted by molar-refractivity contribution is -0.137. The van der Waals surface area contributed by atoms with Crippen LogP contribution < -0.4 is 10.5 Å². The van der Waals surface area contributed by atoms with Gasteiger partial charge in [0.05, 0.1) is 6.26 Å². The second-order valence-electron chi connectivity index (χ2n) is 6.18. The van der Waals surface area contributed by atoms with Crippen molar-refractivity contribution in [1.82, 2.24) is 9.62 Å². The molecular formula is C13H25N3O3S. The normalized spacial score (nSPS) is 31.5. The van der Waals surface area contributed by atoms with E-state index in [-0.39, 0.29) is 23.8 Å². The molecule has 1 amide bonds. The zero-order valence-electron chi connectivity index (χ0n) is 12.0. The third kappa shape index (κ3) is 4.43. The molecule has 3 atom stereocenters. The lowest BCUT2D eigenvalue weighted by Crippen LogP contribution is -2.45. The highest BCUT2D eigenvalue weighted by molar-refractivity contribution is 7.88. The molecule has 2 fully saturated rings. The molecule has 0 bridgehead atoms. The van der Waals surface area contributed by atoms with Crippen LogP contribution in [0, 0.1) is 11.8 Å². The Morgan fingerprint density at radius 3 is 2.70 bits per heavy atom. The SMILES string of the molecule is CS(=O)(=O)NCC1CCCN(C(=O)C2CCC(N)C2)C1. The molecule has 7 heteroatoms. The summed E-state index contributed by atoms with van der Waals surface area (Å²) in [4.78, 5) is 14.3. The summed E-state index contributed by atoms with van der Waals surface area (Å²) in [5.41, 5.74) is 5.87. The van der Waals surface area contributed by atoms with Crippen LogP contribution in [0.4, 0.5) is 0 Å². The summed E-state index contributed by atoms with van der Waals surface area (Å²) in [6.45, 7) is 1.87. The van der Waals surface area contributed by atoms with E-state index in [2.05, 4.69) is 4.72 Å². The summed E-state index contributed by atoms with van der Waals surface area (Å²) in [5, 5.41) is 0. The third-order valence-electron chi connectivity index (χ3n) is 4.29. The molecule has 20 heavy (non-hydrogen) atoms. The second-order valence-corrected chi connectivity index (χ2v) is 8.02. The first-order valence-corrected chi connectivity index (χ1v) is 9.23. The Balaban J connectivity index is 1.85. The number of carbonyl (C=O) groups excluding carboxylic acids is 1. The van der Waals surface area contributed by atoms with Crippen LogP contribution in [0.15, 0.2) is 0 Å². The van der Waals surface area contributed by atoms with E-state index in [1.54, 1.807) is 0 Å². The first-order valence-electron chi connectivity index (χ1n) is 7.34. The second kappa shape index (κ2) is 6.41. The van der Waals surface area contributed by atoms with Gasteiger partial charge in [-0.2, -0.15) is 0 Å². The Hall–Kier alpha value is -0.660. The minimum absolute atomic E-state index is 0.0756. The number of sulfonamides is 1. The first-order chi connectivity index (χ1) is 9.35. The summed E-state index contributed by atoms with van der Waals surface area (Å²) >= 11 is 0. The van der Waals surface area contributed by atoms with Crippen LogP contribution in [-0.2, 0) is 14.8 Å². The molecule has 0 aromatic rings. The molecule has 1 saturated carbocycles. The van der Waals surface area contributed by atoms with Crippen molar-refractivity contribution >= 4 is 15.9 Å². The Morgan fingerprint density at radius 2 is 2.10 bits per heavy atom. The minimum Gasteiger partial charge on any atom is -0.342 e. The van der Waals surface area contributed by atoms with E-state index in [1.807, 2.05) is 4.90 Å². The molecule has 0 aromatic heterocycles. The van der Waals surface area contributed by atoms with Crippen LogP contribution in [0.25, 0.3) is 0 Å². The number of amides is 1. The molecule has 1 aliphatic heterocycles. The number of carbonyl (C=O) groups is 1. The molecule has 1 heterocycles. The predicted octanol–water partition coefficient (Wildman–Crippen LogP) is -0.0984. The quantitative estimate of drug-likeness (QED) is 0.758. The van der Waals surface area contributed by atoms with Crippen LogP contribution in [0.5, 0.6) is 0 Å². The van der Waals surface area contributed by atoms with Gasteiger partial charge in [0.1, 0.15) is 0 Å². The van der Waals surface area contributed by atoms with Gasteiger partial charge in [0.2, 0.25) is 15.9 Å². The number of nitrogens with two attached hydrogens (primary N) is 1. The fourth-order valence-electron chi connectivity index (χ4n) is 3.20. The van der Waals surface area contributed by atoms with Crippen LogP contribution in [0.1, 0.15) is 32.1 Å². The van der Waals surface area contributed by atoms with Crippen molar-refractivity contribution in [2.24, 2.45) is 17.6 Å². The van der Waals surface area contributed by atoms with Gasteiger partial charge in [0.25, 0.3) is 0 Å². The molecular weight excluding hydrogens is 278 g/mol. The molecule has 0 radical (unpaired) electrons. The fraction of sp³-hybridized carbons (Fsp3) is 0.923. The van der Waals surface area contributed by atoms with Crippen molar-refractivity contribution in [3.05, 3.63) is 0 Å². The number of likely N-dealkylation sites (tertiary alicyclic amines) is 1.